The van der Waals surface area contributed by atoms with Gasteiger partial charge in [-0.05, 0) is 49.4 Å². The molecule has 0 aromatic rings. The van der Waals surface area contributed by atoms with Gasteiger partial charge in [-0.2, -0.15) is 0 Å². The Morgan fingerprint density at radius 3 is 1.27 bits per heavy atom. The van der Waals surface area contributed by atoms with E-state index in [1.165, 1.54) is 79.9 Å². The fourth-order valence-corrected chi connectivity index (χ4v) is 3.12. The van der Waals surface area contributed by atoms with E-state index in [0.717, 1.165) is 4.48 Å². The quantitative estimate of drug-likeness (QED) is 0.0969. The van der Waals surface area contributed by atoms with Crippen LogP contribution >= 0.6 is 22.6 Å². The summed E-state index contributed by atoms with van der Waals surface area (Å²) in [5.74, 6) is 0. The molecule has 0 aliphatic heterocycles. The van der Waals surface area contributed by atoms with E-state index in [-0.39, 0.29) is 48.0 Å². The first-order valence-corrected chi connectivity index (χ1v) is 9.98. The fourth-order valence-electron chi connectivity index (χ4n) is 2.58. The van der Waals surface area contributed by atoms with Crippen molar-refractivity contribution in [2.45, 2.75) is 51.4 Å². The third kappa shape index (κ3) is 22.1. The van der Waals surface area contributed by atoms with Crippen molar-refractivity contribution in [2.24, 2.45) is 0 Å². The molecule has 0 amide bonds. The molecule has 0 aliphatic carbocycles. The predicted molar refractivity (Wildman–Crippen MR) is 101 cm³/mol. The van der Waals surface area contributed by atoms with Crippen LogP contribution in [0.3, 0.4) is 0 Å². The Morgan fingerprint density at radius 1 is 0.545 bits per heavy atom. The van der Waals surface area contributed by atoms with Crippen molar-refractivity contribution in [1.82, 2.24) is 0 Å². The highest BCUT2D eigenvalue weighted by molar-refractivity contribution is 14.1. The smallest absolute Gasteiger partial charge is 0.0782 e. The molecular weight excluding hydrogens is 613 g/mol. The molecule has 0 heterocycles. The number of hydrogen-bond acceptors (Lipinski definition) is 0. The van der Waals surface area contributed by atoms with Crippen LogP contribution in [-0.4, -0.2) is 68.3 Å². The first-order chi connectivity index (χ1) is 9.27. The number of quaternary nitrogens is 2. The van der Waals surface area contributed by atoms with Crippen LogP contribution in [0.1, 0.15) is 51.4 Å². The summed E-state index contributed by atoms with van der Waals surface area (Å²) in [5, 5.41) is 0. The lowest BCUT2D eigenvalue weighted by Crippen LogP contribution is -3.00. The van der Waals surface area contributed by atoms with Crippen molar-refractivity contribution in [3.8, 4) is 0 Å². The van der Waals surface area contributed by atoms with Crippen molar-refractivity contribution in [1.29, 1.82) is 0 Å². The highest BCUT2D eigenvalue weighted by Gasteiger charge is 2.13. The summed E-state index contributed by atoms with van der Waals surface area (Å²) >= 11 is 2.48. The lowest BCUT2D eigenvalue weighted by molar-refractivity contribution is -0.890. The minimum Gasteiger partial charge on any atom is -1.00 e. The maximum Gasteiger partial charge on any atom is 0.0782 e. The van der Waals surface area contributed by atoms with Gasteiger partial charge in [0.25, 0.3) is 0 Å². The molecule has 0 aliphatic rings. The van der Waals surface area contributed by atoms with E-state index in [1.807, 2.05) is 0 Å². The Bertz CT molecular complexity index is 228. The molecule has 0 unspecified atom stereocenters. The Kier molecular flexibility index (Phi) is 21.8. The standard InChI is InChI=1S/C17H39IN2.2HI/c1-19(2,3)15-11-8-9-13-17-20(4,5)16-12-7-6-10-14-18;;/h6-17H2,1-5H3;2*1H/q+2;;/p-2. The zero-order chi connectivity index (χ0) is 15.5. The van der Waals surface area contributed by atoms with E-state index in [1.54, 1.807) is 0 Å². The second kappa shape index (κ2) is 16.6. The number of halogens is 3. The SMILES string of the molecule is C[N+](C)(C)CCCCCC[N+](C)(C)CCCCCCI.[I-].[I-]. The summed E-state index contributed by atoms with van der Waals surface area (Å²) in [7, 11) is 11.7. The minimum atomic E-state index is 0. The predicted octanol–water partition coefficient (Wildman–Crippen LogP) is -1.67. The van der Waals surface area contributed by atoms with Crippen LogP contribution < -0.4 is 48.0 Å². The molecule has 0 rings (SSSR count). The topological polar surface area (TPSA) is 0 Å². The molecule has 0 spiro atoms. The van der Waals surface area contributed by atoms with Gasteiger partial charge in [0, 0.05) is 0 Å². The summed E-state index contributed by atoms with van der Waals surface area (Å²) in [4.78, 5) is 0. The van der Waals surface area contributed by atoms with E-state index >= 15 is 0 Å². The van der Waals surface area contributed by atoms with Gasteiger partial charge in [-0.15, -0.1) is 0 Å². The normalized spacial score (nSPS) is 11.7. The lowest BCUT2D eigenvalue weighted by atomic mass is 10.1. The van der Waals surface area contributed by atoms with E-state index < -0.39 is 0 Å². The third-order valence-corrected chi connectivity index (χ3v) is 4.75. The summed E-state index contributed by atoms with van der Waals surface area (Å²) in [6.45, 7) is 4.03. The lowest BCUT2D eigenvalue weighted by Gasteiger charge is -2.30. The largest absolute Gasteiger partial charge is 1.00 e. The monoisotopic (exact) mass is 652 g/mol. The highest BCUT2D eigenvalue weighted by atomic mass is 127. The fraction of sp³-hybridized carbons (Fsp3) is 1.00. The van der Waals surface area contributed by atoms with Crippen LogP contribution in [0.25, 0.3) is 0 Å². The van der Waals surface area contributed by atoms with E-state index in [0.29, 0.717) is 0 Å². The van der Waals surface area contributed by atoms with Crippen LogP contribution in [0.2, 0.25) is 0 Å². The molecule has 5 heteroatoms. The van der Waals surface area contributed by atoms with Crippen LogP contribution in [0, 0.1) is 0 Å². The Balaban J connectivity index is -0.00000180. The van der Waals surface area contributed by atoms with Crippen LogP contribution in [0.4, 0.5) is 0 Å². The summed E-state index contributed by atoms with van der Waals surface area (Å²) in [5.41, 5.74) is 0. The van der Waals surface area contributed by atoms with Crippen molar-refractivity contribution in [2.75, 3.05) is 59.3 Å². The van der Waals surface area contributed by atoms with Crippen LogP contribution in [0.15, 0.2) is 0 Å². The number of unbranched alkanes of at least 4 members (excludes halogenated alkanes) is 6. The second-order valence-electron chi connectivity index (χ2n) is 7.91. The first-order valence-electron chi connectivity index (χ1n) is 8.45. The van der Waals surface area contributed by atoms with Crippen molar-refractivity contribution >= 4 is 22.6 Å². The van der Waals surface area contributed by atoms with Crippen molar-refractivity contribution in [3.05, 3.63) is 0 Å². The molecule has 0 bridgehead atoms. The Labute approximate surface area is 188 Å². The minimum absolute atomic E-state index is 0. The molecule has 2 nitrogen and oxygen atoms in total. The van der Waals surface area contributed by atoms with Crippen molar-refractivity contribution < 1.29 is 56.9 Å². The van der Waals surface area contributed by atoms with Crippen molar-refractivity contribution in [3.63, 3.8) is 0 Å². The number of alkyl halides is 1. The van der Waals surface area contributed by atoms with E-state index in [4.69, 9.17) is 0 Å². The van der Waals surface area contributed by atoms with Gasteiger partial charge in [0.2, 0.25) is 0 Å². The summed E-state index contributed by atoms with van der Waals surface area (Å²) < 4.78 is 3.65. The zero-order valence-electron chi connectivity index (χ0n) is 15.5. The molecular formula is C17H39I3N2. The molecule has 22 heavy (non-hydrogen) atoms. The third-order valence-electron chi connectivity index (χ3n) is 3.99. The van der Waals surface area contributed by atoms with Gasteiger partial charge in [-0.25, -0.2) is 0 Å². The number of rotatable bonds is 13. The summed E-state index contributed by atoms with van der Waals surface area (Å²) in [6, 6.07) is 0. The maximum absolute atomic E-state index is 2.48. The van der Waals surface area contributed by atoms with Gasteiger partial charge in [-0.3, -0.25) is 0 Å². The maximum atomic E-state index is 2.48. The molecule has 0 radical (unpaired) electrons. The van der Waals surface area contributed by atoms with E-state index in [9.17, 15) is 0 Å². The Hall–Kier alpha value is 2.11. The van der Waals surface area contributed by atoms with Gasteiger partial charge < -0.3 is 56.9 Å². The van der Waals surface area contributed by atoms with Gasteiger partial charge >= 0.3 is 0 Å². The van der Waals surface area contributed by atoms with Gasteiger partial charge in [0.15, 0.2) is 0 Å². The van der Waals surface area contributed by atoms with Gasteiger partial charge in [-0.1, -0.05) is 29.0 Å². The second-order valence-corrected chi connectivity index (χ2v) is 8.99. The van der Waals surface area contributed by atoms with Crippen LogP contribution in [-0.2, 0) is 0 Å². The average Bonchev–Trinajstić information content (AvgIpc) is 2.32. The molecule has 0 saturated heterocycles. The molecule has 0 fully saturated rings. The zero-order valence-corrected chi connectivity index (χ0v) is 22.0. The van der Waals surface area contributed by atoms with Crippen LogP contribution in [0.5, 0.6) is 0 Å². The molecule has 0 aromatic carbocycles. The molecule has 0 N–H and O–H groups in total. The van der Waals surface area contributed by atoms with E-state index in [2.05, 4.69) is 57.8 Å². The Morgan fingerprint density at radius 2 is 0.909 bits per heavy atom. The number of nitrogens with zero attached hydrogens (tertiary/aromatic N) is 2. The van der Waals surface area contributed by atoms with Gasteiger partial charge in [0.05, 0.1) is 54.9 Å². The molecule has 0 atom stereocenters. The molecule has 138 valence electrons. The highest BCUT2D eigenvalue weighted by Crippen LogP contribution is 2.10. The summed E-state index contributed by atoms with van der Waals surface area (Å²) in [6.07, 6.45) is 11.3. The molecule has 0 aromatic heterocycles. The number of hydrogen-bond donors (Lipinski definition) is 0. The average molecular weight is 652 g/mol. The van der Waals surface area contributed by atoms with Gasteiger partial charge in [0.1, 0.15) is 0 Å². The first kappa shape index (κ1) is 28.9. The molecule has 0 saturated carbocycles.